The average molecular weight is 203 g/mol. The maximum Gasteiger partial charge on any atom is 0.0380 e. The van der Waals surface area contributed by atoms with Crippen molar-refractivity contribution in [3.63, 3.8) is 0 Å². The summed E-state index contributed by atoms with van der Waals surface area (Å²) in [6.07, 6.45) is 9.61. The Morgan fingerprint density at radius 3 is 2.73 bits per heavy atom. The first-order chi connectivity index (χ1) is 7.10. The van der Waals surface area contributed by atoms with Gasteiger partial charge in [-0.3, -0.25) is 0 Å². The van der Waals surface area contributed by atoms with Gasteiger partial charge in [-0.1, -0.05) is 26.5 Å². The van der Waals surface area contributed by atoms with Gasteiger partial charge in [-0.25, -0.2) is 0 Å². The molecule has 1 aliphatic heterocycles. The van der Waals surface area contributed by atoms with E-state index in [4.69, 9.17) is 0 Å². The van der Waals surface area contributed by atoms with Gasteiger partial charge in [0.05, 0.1) is 0 Å². The Balaban J connectivity index is 2.99. The second-order valence-corrected chi connectivity index (χ2v) is 4.10. The van der Waals surface area contributed by atoms with Crippen LogP contribution in [-0.4, -0.2) is 4.90 Å². The lowest BCUT2D eigenvalue weighted by atomic mass is 9.91. The normalized spacial score (nSPS) is 19.2. The molecule has 1 heteroatoms. The van der Waals surface area contributed by atoms with Crippen molar-refractivity contribution in [3.05, 3.63) is 48.0 Å². The Labute approximate surface area is 93.5 Å². The van der Waals surface area contributed by atoms with Crippen molar-refractivity contribution in [2.45, 2.75) is 34.1 Å². The van der Waals surface area contributed by atoms with Crippen LogP contribution >= 0.6 is 0 Å². The highest BCUT2D eigenvalue weighted by atomic mass is 15.1. The Hall–Kier alpha value is -1.24. The van der Waals surface area contributed by atoms with E-state index in [9.17, 15) is 0 Å². The zero-order valence-corrected chi connectivity index (χ0v) is 10.2. The van der Waals surface area contributed by atoms with Crippen LogP contribution in [0, 0.1) is 5.92 Å². The number of rotatable bonds is 3. The summed E-state index contributed by atoms with van der Waals surface area (Å²) < 4.78 is 0. The fourth-order valence-electron chi connectivity index (χ4n) is 1.78. The molecule has 1 rings (SSSR count). The molecule has 1 unspecified atom stereocenters. The summed E-state index contributed by atoms with van der Waals surface area (Å²) in [6.45, 7) is 12.7. The fourth-order valence-corrected chi connectivity index (χ4v) is 1.78. The molecule has 0 aromatic rings. The van der Waals surface area contributed by atoms with Crippen molar-refractivity contribution in [2.24, 2.45) is 5.92 Å². The number of hydrogen-bond donors (Lipinski definition) is 0. The first-order valence-electron chi connectivity index (χ1n) is 5.60. The smallest absolute Gasteiger partial charge is 0.0380 e. The topological polar surface area (TPSA) is 3.24 Å². The highest BCUT2D eigenvalue weighted by Gasteiger charge is 2.15. The van der Waals surface area contributed by atoms with E-state index in [0.717, 1.165) is 5.70 Å². The Kier molecular flexibility index (Phi) is 3.96. The van der Waals surface area contributed by atoms with Crippen LogP contribution in [0.2, 0.25) is 0 Å². The molecule has 1 nitrogen and oxygen atoms in total. The first-order valence-corrected chi connectivity index (χ1v) is 5.60. The fraction of sp³-hybridized carbons (Fsp3) is 0.429. The molecule has 0 saturated heterocycles. The van der Waals surface area contributed by atoms with Gasteiger partial charge >= 0.3 is 0 Å². The van der Waals surface area contributed by atoms with Crippen molar-refractivity contribution >= 4 is 0 Å². The van der Waals surface area contributed by atoms with E-state index in [1.165, 1.54) is 17.6 Å². The minimum atomic E-state index is 0.613. The number of nitrogens with zero attached hydrogens (tertiary/aromatic N) is 1. The van der Waals surface area contributed by atoms with E-state index in [2.05, 4.69) is 44.5 Å². The van der Waals surface area contributed by atoms with Crippen LogP contribution in [0.3, 0.4) is 0 Å². The largest absolute Gasteiger partial charge is 0.325 e. The maximum absolute atomic E-state index is 4.04. The molecule has 0 fully saturated rings. The lowest BCUT2D eigenvalue weighted by Crippen LogP contribution is -2.15. The molecule has 0 aromatic carbocycles. The zero-order valence-electron chi connectivity index (χ0n) is 10.2. The van der Waals surface area contributed by atoms with Gasteiger partial charge in [0.25, 0.3) is 0 Å². The molecule has 0 spiro atoms. The van der Waals surface area contributed by atoms with E-state index >= 15 is 0 Å². The quantitative estimate of drug-likeness (QED) is 0.663. The predicted octanol–water partition coefficient (Wildman–Crippen LogP) is 4.23. The monoisotopic (exact) mass is 203 g/mol. The van der Waals surface area contributed by atoms with Crippen molar-refractivity contribution in [2.75, 3.05) is 0 Å². The van der Waals surface area contributed by atoms with E-state index in [0.29, 0.717) is 5.92 Å². The van der Waals surface area contributed by atoms with Gasteiger partial charge in [0.1, 0.15) is 0 Å². The van der Waals surface area contributed by atoms with Gasteiger partial charge in [-0.05, 0) is 43.4 Å². The van der Waals surface area contributed by atoms with Gasteiger partial charge in [0, 0.05) is 18.1 Å². The molecule has 0 radical (unpaired) electrons. The van der Waals surface area contributed by atoms with Crippen LogP contribution in [0.25, 0.3) is 0 Å². The molecule has 1 heterocycles. The molecule has 1 aliphatic rings. The molecular weight excluding hydrogens is 182 g/mol. The standard InChI is InChI=1S/C14H21N/c1-6-8-15-10-14(11(3)7-2)12(4)9-13(15)5/h6,8-11H,5,7H2,1-4H3/b8-6-. The Morgan fingerprint density at radius 1 is 1.53 bits per heavy atom. The third kappa shape index (κ3) is 2.62. The van der Waals surface area contributed by atoms with Crippen molar-refractivity contribution in [3.8, 4) is 0 Å². The maximum atomic E-state index is 4.04. The highest BCUT2D eigenvalue weighted by molar-refractivity contribution is 5.41. The summed E-state index contributed by atoms with van der Waals surface area (Å²) in [7, 11) is 0. The van der Waals surface area contributed by atoms with Crippen molar-refractivity contribution in [1.29, 1.82) is 0 Å². The van der Waals surface area contributed by atoms with Crippen LogP contribution in [-0.2, 0) is 0 Å². The lowest BCUT2D eigenvalue weighted by Gasteiger charge is -2.27. The van der Waals surface area contributed by atoms with Crippen LogP contribution in [0.1, 0.15) is 34.1 Å². The van der Waals surface area contributed by atoms with Gasteiger partial charge in [0.15, 0.2) is 0 Å². The van der Waals surface area contributed by atoms with Gasteiger partial charge < -0.3 is 4.90 Å². The van der Waals surface area contributed by atoms with Crippen LogP contribution in [0.5, 0.6) is 0 Å². The van der Waals surface area contributed by atoms with Gasteiger partial charge in [-0.15, -0.1) is 0 Å². The minimum absolute atomic E-state index is 0.613. The SMILES string of the molecule is C=C1C=C(C)C(C(C)CC)=CN1/C=C\C. The molecule has 0 amide bonds. The number of hydrogen-bond acceptors (Lipinski definition) is 1. The zero-order chi connectivity index (χ0) is 11.4. The second kappa shape index (κ2) is 5.01. The van der Waals surface area contributed by atoms with E-state index in [-0.39, 0.29) is 0 Å². The van der Waals surface area contributed by atoms with Gasteiger partial charge in [0.2, 0.25) is 0 Å². The number of allylic oxidation sites excluding steroid dienone is 4. The molecule has 15 heavy (non-hydrogen) atoms. The highest BCUT2D eigenvalue weighted by Crippen LogP contribution is 2.29. The van der Waals surface area contributed by atoms with Crippen LogP contribution in [0.15, 0.2) is 48.0 Å². The summed E-state index contributed by atoms with van der Waals surface area (Å²) in [5.74, 6) is 0.613. The summed E-state index contributed by atoms with van der Waals surface area (Å²) in [5.41, 5.74) is 3.80. The molecular formula is C14H21N. The molecule has 0 aromatic heterocycles. The lowest BCUT2D eigenvalue weighted by molar-refractivity contribution is 0.587. The molecule has 1 atom stereocenters. The first kappa shape index (κ1) is 11.8. The van der Waals surface area contributed by atoms with E-state index in [1.54, 1.807) is 0 Å². The summed E-state index contributed by atoms with van der Waals surface area (Å²) in [4.78, 5) is 2.09. The Morgan fingerprint density at radius 2 is 2.20 bits per heavy atom. The minimum Gasteiger partial charge on any atom is -0.325 e. The third-order valence-electron chi connectivity index (χ3n) is 2.90. The van der Waals surface area contributed by atoms with Crippen molar-refractivity contribution in [1.82, 2.24) is 4.90 Å². The van der Waals surface area contributed by atoms with Crippen LogP contribution < -0.4 is 0 Å². The summed E-state index contributed by atoms with van der Waals surface area (Å²) in [5, 5.41) is 0. The molecule has 0 bridgehead atoms. The summed E-state index contributed by atoms with van der Waals surface area (Å²) >= 11 is 0. The molecule has 0 saturated carbocycles. The average Bonchev–Trinajstić information content (AvgIpc) is 2.21. The van der Waals surface area contributed by atoms with Crippen molar-refractivity contribution < 1.29 is 0 Å². The van der Waals surface area contributed by atoms with E-state index in [1.807, 2.05) is 19.2 Å². The second-order valence-electron chi connectivity index (χ2n) is 4.10. The van der Waals surface area contributed by atoms with Crippen LogP contribution in [0.4, 0.5) is 0 Å². The van der Waals surface area contributed by atoms with E-state index < -0.39 is 0 Å². The molecule has 82 valence electrons. The third-order valence-corrected chi connectivity index (χ3v) is 2.90. The molecule has 0 N–H and O–H groups in total. The predicted molar refractivity (Wildman–Crippen MR) is 67.1 cm³/mol. The summed E-state index contributed by atoms with van der Waals surface area (Å²) in [6, 6.07) is 0. The van der Waals surface area contributed by atoms with Gasteiger partial charge in [-0.2, -0.15) is 0 Å². The molecule has 0 aliphatic carbocycles. The Bertz CT molecular complexity index is 331.